The molecule has 0 bridgehead atoms. The molecule has 156 valence electrons. The third kappa shape index (κ3) is 5.10. The Balaban J connectivity index is 1.63. The van der Waals surface area contributed by atoms with E-state index in [0.29, 0.717) is 29.8 Å². The Hall–Kier alpha value is -2.96. The minimum atomic E-state index is -0.539. The van der Waals surface area contributed by atoms with E-state index in [1.165, 1.54) is 25.0 Å². The average molecular weight is 402 g/mol. The van der Waals surface area contributed by atoms with Gasteiger partial charge in [0.2, 0.25) is 0 Å². The molecule has 0 aliphatic heterocycles. The van der Waals surface area contributed by atoms with Crippen molar-refractivity contribution in [2.24, 2.45) is 5.92 Å². The SMILES string of the molecule is COc1ccc(C(C)NC(=O)Nc2ccc(OCC3CC3)cc2F)c(C)c1OC. The Morgan fingerprint density at radius 3 is 2.59 bits per heavy atom. The molecule has 1 fully saturated rings. The van der Waals surface area contributed by atoms with Crippen LogP contribution in [0.5, 0.6) is 17.2 Å². The van der Waals surface area contributed by atoms with Crippen molar-refractivity contribution < 1.29 is 23.4 Å². The number of halogens is 1. The molecule has 0 aromatic heterocycles. The Bertz CT molecular complexity index is 883. The summed E-state index contributed by atoms with van der Waals surface area (Å²) in [5, 5.41) is 5.37. The van der Waals surface area contributed by atoms with Crippen molar-refractivity contribution in [2.45, 2.75) is 32.7 Å². The second kappa shape index (κ2) is 9.03. The fraction of sp³-hybridized carbons (Fsp3) is 0.409. The van der Waals surface area contributed by atoms with E-state index < -0.39 is 11.8 Å². The average Bonchev–Trinajstić information content (AvgIpc) is 3.52. The maximum Gasteiger partial charge on any atom is 0.319 e. The molecule has 2 aromatic carbocycles. The number of methoxy groups -OCH3 is 2. The molecule has 1 aliphatic rings. The van der Waals surface area contributed by atoms with Crippen LogP contribution >= 0.6 is 0 Å². The number of carbonyl (C=O) groups excluding carboxylic acids is 1. The summed E-state index contributed by atoms with van der Waals surface area (Å²) in [7, 11) is 3.14. The molecule has 2 aromatic rings. The molecule has 1 atom stereocenters. The molecule has 29 heavy (non-hydrogen) atoms. The van der Waals surface area contributed by atoms with Gasteiger partial charge in [-0.05, 0) is 56.4 Å². The van der Waals surface area contributed by atoms with Gasteiger partial charge in [-0.1, -0.05) is 6.07 Å². The van der Waals surface area contributed by atoms with E-state index in [2.05, 4.69) is 10.6 Å². The molecule has 2 N–H and O–H groups in total. The molecule has 0 heterocycles. The van der Waals surface area contributed by atoms with E-state index in [1.54, 1.807) is 26.4 Å². The number of anilines is 1. The smallest absolute Gasteiger partial charge is 0.319 e. The van der Waals surface area contributed by atoms with Crippen molar-refractivity contribution in [3.63, 3.8) is 0 Å². The highest BCUT2D eigenvalue weighted by Crippen LogP contribution is 2.35. The summed E-state index contributed by atoms with van der Waals surface area (Å²) >= 11 is 0. The van der Waals surface area contributed by atoms with Gasteiger partial charge < -0.3 is 24.8 Å². The topological polar surface area (TPSA) is 68.8 Å². The molecule has 3 rings (SSSR count). The first-order chi connectivity index (χ1) is 13.9. The number of rotatable bonds is 8. The van der Waals surface area contributed by atoms with Crippen molar-refractivity contribution >= 4 is 11.7 Å². The molecule has 1 unspecified atom stereocenters. The van der Waals surface area contributed by atoms with Crippen molar-refractivity contribution in [3.05, 3.63) is 47.3 Å². The van der Waals surface area contributed by atoms with Crippen LogP contribution in [0, 0.1) is 18.7 Å². The van der Waals surface area contributed by atoms with Gasteiger partial charge in [-0.15, -0.1) is 0 Å². The van der Waals surface area contributed by atoms with Crippen LogP contribution in [0.3, 0.4) is 0 Å². The molecule has 0 radical (unpaired) electrons. The second-order valence-corrected chi connectivity index (χ2v) is 7.23. The van der Waals surface area contributed by atoms with Crippen LogP contribution < -0.4 is 24.8 Å². The highest BCUT2D eigenvalue weighted by molar-refractivity contribution is 5.89. The summed E-state index contributed by atoms with van der Waals surface area (Å²) in [4.78, 5) is 12.4. The van der Waals surface area contributed by atoms with E-state index in [-0.39, 0.29) is 11.7 Å². The molecule has 1 saturated carbocycles. The Morgan fingerprint density at radius 2 is 1.97 bits per heavy atom. The normalized spacial score (nSPS) is 14.1. The van der Waals surface area contributed by atoms with Crippen molar-refractivity contribution in [1.82, 2.24) is 5.32 Å². The van der Waals surface area contributed by atoms with Crippen LogP contribution in [-0.2, 0) is 0 Å². The third-order valence-corrected chi connectivity index (χ3v) is 5.02. The number of carbonyl (C=O) groups is 1. The Labute approximate surface area is 170 Å². The van der Waals surface area contributed by atoms with Crippen LogP contribution in [-0.4, -0.2) is 26.9 Å². The molecule has 1 aliphatic carbocycles. The van der Waals surface area contributed by atoms with Gasteiger partial charge in [-0.2, -0.15) is 0 Å². The van der Waals surface area contributed by atoms with Crippen LogP contribution in [0.4, 0.5) is 14.9 Å². The van der Waals surface area contributed by atoms with Crippen molar-refractivity contribution in [3.8, 4) is 17.2 Å². The fourth-order valence-electron chi connectivity index (χ4n) is 3.18. The number of urea groups is 1. The van der Waals surface area contributed by atoms with E-state index in [9.17, 15) is 9.18 Å². The molecule has 7 heteroatoms. The van der Waals surface area contributed by atoms with Crippen LogP contribution in [0.1, 0.15) is 36.9 Å². The first-order valence-corrected chi connectivity index (χ1v) is 9.64. The minimum Gasteiger partial charge on any atom is -0.493 e. The molecule has 0 saturated heterocycles. The van der Waals surface area contributed by atoms with Gasteiger partial charge in [-0.25, -0.2) is 9.18 Å². The van der Waals surface area contributed by atoms with Crippen molar-refractivity contribution in [1.29, 1.82) is 0 Å². The lowest BCUT2D eigenvalue weighted by atomic mass is 10.0. The summed E-state index contributed by atoms with van der Waals surface area (Å²) in [6.07, 6.45) is 2.33. The lowest BCUT2D eigenvalue weighted by Crippen LogP contribution is -2.31. The van der Waals surface area contributed by atoms with Crippen LogP contribution in [0.15, 0.2) is 30.3 Å². The second-order valence-electron chi connectivity index (χ2n) is 7.23. The van der Waals surface area contributed by atoms with E-state index in [1.807, 2.05) is 19.9 Å². The number of ether oxygens (including phenoxy) is 3. The summed E-state index contributed by atoms with van der Waals surface area (Å²) in [6.45, 7) is 4.35. The fourth-order valence-corrected chi connectivity index (χ4v) is 3.18. The largest absolute Gasteiger partial charge is 0.493 e. The van der Waals surface area contributed by atoms with Gasteiger partial charge >= 0.3 is 6.03 Å². The number of amides is 2. The Morgan fingerprint density at radius 1 is 1.21 bits per heavy atom. The van der Waals surface area contributed by atoms with Gasteiger partial charge in [0.15, 0.2) is 11.5 Å². The number of hydrogen-bond donors (Lipinski definition) is 2. The van der Waals surface area contributed by atoms with Gasteiger partial charge in [0, 0.05) is 11.6 Å². The summed E-state index contributed by atoms with van der Waals surface area (Å²) < 4.78 is 30.6. The number of nitrogens with one attached hydrogen (secondary N) is 2. The predicted molar refractivity (Wildman–Crippen MR) is 109 cm³/mol. The standard InChI is InChI=1S/C22H27FN2O4/c1-13-17(8-10-20(27-3)21(13)28-4)14(2)24-22(26)25-19-9-7-16(11-18(19)23)29-12-15-5-6-15/h7-11,14-15H,5-6,12H2,1-4H3,(H2,24,25,26). The summed E-state index contributed by atoms with van der Waals surface area (Å²) in [5.41, 5.74) is 1.84. The van der Waals surface area contributed by atoms with Crippen molar-refractivity contribution in [2.75, 3.05) is 26.1 Å². The predicted octanol–water partition coefficient (Wildman–Crippen LogP) is 4.82. The monoisotopic (exact) mass is 402 g/mol. The molecule has 6 nitrogen and oxygen atoms in total. The van der Waals surface area contributed by atoms with E-state index in [0.717, 1.165) is 11.1 Å². The highest BCUT2D eigenvalue weighted by Gasteiger charge is 2.22. The summed E-state index contributed by atoms with van der Waals surface area (Å²) in [5.74, 6) is 1.75. The lowest BCUT2D eigenvalue weighted by Gasteiger charge is -2.20. The minimum absolute atomic E-state index is 0.0949. The highest BCUT2D eigenvalue weighted by atomic mass is 19.1. The van der Waals surface area contributed by atoms with Crippen LogP contribution in [0.2, 0.25) is 0 Å². The Kier molecular flexibility index (Phi) is 6.46. The number of benzene rings is 2. The maximum atomic E-state index is 14.3. The zero-order chi connectivity index (χ0) is 21.0. The number of hydrogen-bond acceptors (Lipinski definition) is 4. The van der Waals surface area contributed by atoms with E-state index in [4.69, 9.17) is 14.2 Å². The molecular formula is C22H27FN2O4. The van der Waals surface area contributed by atoms with E-state index >= 15 is 0 Å². The zero-order valence-electron chi connectivity index (χ0n) is 17.2. The molecule has 0 spiro atoms. The summed E-state index contributed by atoms with van der Waals surface area (Å²) in [6, 6.07) is 7.29. The van der Waals surface area contributed by atoms with Gasteiger partial charge in [-0.3, -0.25) is 0 Å². The maximum absolute atomic E-state index is 14.3. The van der Waals surface area contributed by atoms with Gasteiger partial charge in [0.1, 0.15) is 11.6 Å². The van der Waals surface area contributed by atoms with Gasteiger partial charge in [0.25, 0.3) is 0 Å². The lowest BCUT2D eigenvalue weighted by molar-refractivity contribution is 0.249. The molecular weight excluding hydrogens is 375 g/mol. The first-order valence-electron chi connectivity index (χ1n) is 9.64. The quantitative estimate of drug-likeness (QED) is 0.664. The van der Waals surface area contributed by atoms with Crippen LogP contribution in [0.25, 0.3) is 0 Å². The zero-order valence-corrected chi connectivity index (χ0v) is 17.2. The molecule has 2 amide bonds. The first kappa shape index (κ1) is 20.8. The third-order valence-electron chi connectivity index (χ3n) is 5.02. The van der Waals surface area contributed by atoms with Gasteiger partial charge in [0.05, 0.1) is 32.6 Å².